The molecular formula is C13H8BrF3O. The van der Waals surface area contributed by atoms with E-state index in [1.54, 1.807) is 6.07 Å². The summed E-state index contributed by atoms with van der Waals surface area (Å²) in [6, 6.07) is 7.16. The third-order valence-electron chi connectivity index (χ3n) is 2.16. The molecule has 0 aliphatic heterocycles. The zero-order valence-electron chi connectivity index (χ0n) is 9.09. The zero-order chi connectivity index (χ0) is 13.1. The average Bonchev–Trinajstić information content (AvgIpc) is 2.23. The molecule has 0 N–H and O–H groups in total. The largest absolute Gasteiger partial charge is 0.489 e. The molecule has 0 atom stereocenters. The summed E-state index contributed by atoms with van der Waals surface area (Å²) >= 11 is 3.15. The molecule has 0 fully saturated rings. The van der Waals surface area contributed by atoms with Gasteiger partial charge in [-0.2, -0.15) is 0 Å². The summed E-state index contributed by atoms with van der Waals surface area (Å²) in [6.07, 6.45) is 0. The fourth-order valence-electron chi connectivity index (χ4n) is 1.47. The van der Waals surface area contributed by atoms with Crippen LogP contribution in [0.5, 0.6) is 5.75 Å². The highest BCUT2D eigenvalue weighted by Crippen LogP contribution is 2.19. The van der Waals surface area contributed by atoms with Crippen LogP contribution in [-0.2, 0) is 6.61 Å². The molecule has 0 amide bonds. The number of benzene rings is 2. The first-order valence-electron chi connectivity index (χ1n) is 5.07. The fourth-order valence-corrected chi connectivity index (χ4v) is 1.99. The number of hydrogen-bond acceptors (Lipinski definition) is 1. The molecule has 0 aliphatic rings. The minimum atomic E-state index is -0.717. The Bertz CT molecular complexity index is 480. The van der Waals surface area contributed by atoms with Crippen molar-refractivity contribution in [2.75, 3.05) is 0 Å². The smallest absolute Gasteiger partial charge is 0.129 e. The summed E-state index contributed by atoms with van der Waals surface area (Å²) in [5, 5.41) is 0. The van der Waals surface area contributed by atoms with Crippen LogP contribution in [0, 0.1) is 17.5 Å². The maximum atomic E-state index is 13.1. The Morgan fingerprint density at radius 2 is 1.44 bits per heavy atom. The van der Waals surface area contributed by atoms with Gasteiger partial charge in [-0.3, -0.25) is 0 Å². The normalized spacial score (nSPS) is 10.4. The van der Waals surface area contributed by atoms with Crippen LogP contribution in [0.2, 0.25) is 0 Å². The highest BCUT2D eigenvalue weighted by Gasteiger charge is 2.03. The van der Waals surface area contributed by atoms with E-state index in [-0.39, 0.29) is 12.4 Å². The Labute approximate surface area is 110 Å². The molecule has 0 bridgehead atoms. The third-order valence-corrected chi connectivity index (χ3v) is 2.62. The van der Waals surface area contributed by atoms with E-state index in [1.807, 2.05) is 0 Å². The van der Waals surface area contributed by atoms with Gasteiger partial charge in [0.2, 0.25) is 0 Å². The number of halogens is 4. The van der Waals surface area contributed by atoms with Gasteiger partial charge in [0, 0.05) is 22.7 Å². The monoisotopic (exact) mass is 316 g/mol. The minimum absolute atomic E-state index is 0.0270. The predicted molar refractivity (Wildman–Crippen MR) is 64.8 cm³/mol. The highest BCUT2D eigenvalue weighted by molar-refractivity contribution is 9.10. The lowest BCUT2D eigenvalue weighted by molar-refractivity contribution is 0.302. The lowest BCUT2D eigenvalue weighted by Crippen LogP contribution is -1.97. The van der Waals surface area contributed by atoms with Gasteiger partial charge in [-0.25, -0.2) is 13.2 Å². The molecule has 0 unspecified atom stereocenters. The van der Waals surface area contributed by atoms with E-state index in [4.69, 9.17) is 4.74 Å². The maximum Gasteiger partial charge on any atom is 0.129 e. The maximum absolute atomic E-state index is 13.1. The van der Waals surface area contributed by atoms with Gasteiger partial charge in [-0.1, -0.05) is 15.9 Å². The van der Waals surface area contributed by atoms with Crippen molar-refractivity contribution in [2.45, 2.75) is 6.61 Å². The van der Waals surface area contributed by atoms with Crippen LogP contribution in [0.3, 0.4) is 0 Å². The Kier molecular flexibility index (Phi) is 3.91. The van der Waals surface area contributed by atoms with E-state index >= 15 is 0 Å². The molecule has 2 aromatic rings. The van der Waals surface area contributed by atoms with Gasteiger partial charge < -0.3 is 4.74 Å². The van der Waals surface area contributed by atoms with Crippen molar-refractivity contribution in [3.63, 3.8) is 0 Å². The lowest BCUT2D eigenvalue weighted by atomic mass is 10.2. The first kappa shape index (κ1) is 13.0. The standard InChI is InChI=1S/C13H8BrF3O/c14-9-1-8(2-10(15)3-9)7-18-13-5-11(16)4-12(17)6-13/h1-6H,7H2. The molecule has 1 nitrogen and oxygen atoms in total. The molecule has 0 heterocycles. The Morgan fingerprint density at radius 3 is 2.06 bits per heavy atom. The van der Waals surface area contributed by atoms with Gasteiger partial charge in [0.25, 0.3) is 0 Å². The van der Waals surface area contributed by atoms with Gasteiger partial charge in [0.15, 0.2) is 0 Å². The summed E-state index contributed by atoms with van der Waals surface area (Å²) in [4.78, 5) is 0. The molecule has 2 aromatic carbocycles. The van der Waals surface area contributed by atoms with E-state index in [0.717, 1.165) is 18.2 Å². The number of ether oxygens (including phenoxy) is 1. The average molecular weight is 317 g/mol. The molecular weight excluding hydrogens is 309 g/mol. The van der Waals surface area contributed by atoms with Crippen LogP contribution in [-0.4, -0.2) is 0 Å². The lowest BCUT2D eigenvalue weighted by Gasteiger charge is -2.07. The molecule has 5 heteroatoms. The van der Waals surface area contributed by atoms with Gasteiger partial charge in [0.1, 0.15) is 29.8 Å². The number of rotatable bonds is 3. The quantitative estimate of drug-likeness (QED) is 0.813. The molecule has 0 spiro atoms. The summed E-state index contributed by atoms with van der Waals surface area (Å²) in [5.41, 5.74) is 0.562. The molecule has 0 radical (unpaired) electrons. The predicted octanol–water partition coefficient (Wildman–Crippen LogP) is 4.45. The zero-order valence-corrected chi connectivity index (χ0v) is 10.7. The van der Waals surface area contributed by atoms with Gasteiger partial charge in [-0.05, 0) is 23.8 Å². The van der Waals surface area contributed by atoms with Crippen LogP contribution < -0.4 is 4.74 Å². The van der Waals surface area contributed by atoms with Crippen LogP contribution in [0.1, 0.15) is 5.56 Å². The van der Waals surface area contributed by atoms with Gasteiger partial charge in [0.05, 0.1) is 0 Å². The van der Waals surface area contributed by atoms with E-state index in [0.29, 0.717) is 10.0 Å². The van der Waals surface area contributed by atoms with Crippen LogP contribution >= 0.6 is 15.9 Å². The molecule has 94 valence electrons. The highest BCUT2D eigenvalue weighted by atomic mass is 79.9. The molecule has 0 aromatic heterocycles. The van der Waals surface area contributed by atoms with Crippen molar-refractivity contribution in [1.82, 2.24) is 0 Å². The molecule has 18 heavy (non-hydrogen) atoms. The summed E-state index contributed by atoms with van der Waals surface area (Å²) in [6.45, 7) is 0.0270. The first-order valence-corrected chi connectivity index (χ1v) is 5.86. The van der Waals surface area contributed by atoms with Crippen LogP contribution in [0.15, 0.2) is 40.9 Å². The second-order valence-corrected chi connectivity index (χ2v) is 4.59. The first-order chi connectivity index (χ1) is 8.52. The minimum Gasteiger partial charge on any atom is -0.489 e. The molecule has 0 saturated carbocycles. The van der Waals surface area contributed by atoms with Crippen LogP contribution in [0.25, 0.3) is 0 Å². The summed E-state index contributed by atoms with van der Waals surface area (Å²) in [5.74, 6) is -1.78. The van der Waals surface area contributed by atoms with E-state index in [2.05, 4.69) is 15.9 Å². The second kappa shape index (κ2) is 5.44. The van der Waals surface area contributed by atoms with Crippen LogP contribution in [0.4, 0.5) is 13.2 Å². The summed E-state index contributed by atoms with van der Waals surface area (Å²) < 4.78 is 44.6. The van der Waals surface area contributed by atoms with E-state index < -0.39 is 17.5 Å². The van der Waals surface area contributed by atoms with Crippen molar-refractivity contribution in [3.05, 3.63) is 63.9 Å². The molecule has 0 saturated heterocycles. The van der Waals surface area contributed by atoms with Gasteiger partial charge >= 0.3 is 0 Å². The van der Waals surface area contributed by atoms with Gasteiger partial charge in [-0.15, -0.1) is 0 Å². The third kappa shape index (κ3) is 3.50. The van der Waals surface area contributed by atoms with E-state index in [1.165, 1.54) is 12.1 Å². The second-order valence-electron chi connectivity index (χ2n) is 3.67. The molecule has 0 aliphatic carbocycles. The molecule has 2 rings (SSSR count). The SMILES string of the molecule is Fc1cc(Br)cc(COc2cc(F)cc(F)c2)c1. The van der Waals surface area contributed by atoms with Crippen molar-refractivity contribution < 1.29 is 17.9 Å². The topological polar surface area (TPSA) is 9.23 Å². The van der Waals surface area contributed by atoms with Crippen molar-refractivity contribution in [2.24, 2.45) is 0 Å². The van der Waals surface area contributed by atoms with Crippen molar-refractivity contribution in [3.8, 4) is 5.75 Å². The van der Waals surface area contributed by atoms with Crippen molar-refractivity contribution >= 4 is 15.9 Å². The Balaban J connectivity index is 2.11. The van der Waals surface area contributed by atoms with Crippen molar-refractivity contribution in [1.29, 1.82) is 0 Å². The van der Waals surface area contributed by atoms with E-state index in [9.17, 15) is 13.2 Å². The Hall–Kier alpha value is -1.49. The summed E-state index contributed by atoms with van der Waals surface area (Å²) in [7, 11) is 0. The Morgan fingerprint density at radius 1 is 0.833 bits per heavy atom. The fraction of sp³-hybridized carbons (Fsp3) is 0.0769. The number of hydrogen-bond donors (Lipinski definition) is 0.